The number of rotatable bonds is 3. The second kappa shape index (κ2) is 9.08. The standard InChI is InChI=1S/C6H10NO3P.2Na/c8-6-2-1-3-7(6)4-5-11(9)10;;/h1-5H2;;/q-2;2*+1. The van der Waals surface area contributed by atoms with Gasteiger partial charge in [0.2, 0.25) is 5.91 Å². The summed E-state index contributed by atoms with van der Waals surface area (Å²) < 4.78 is 0. The van der Waals surface area contributed by atoms with Crippen LogP contribution in [0.5, 0.6) is 0 Å². The van der Waals surface area contributed by atoms with Crippen LogP contribution in [0.3, 0.4) is 0 Å². The Morgan fingerprint density at radius 1 is 1.38 bits per heavy atom. The molecule has 64 valence electrons. The Kier molecular flexibility index (Phi) is 12.0. The van der Waals surface area contributed by atoms with E-state index in [-0.39, 0.29) is 71.2 Å². The molecule has 4 nitrogen and oxygen atoms in total. The van der Waals surface area contributed by atoms with Crippen LogP contribution in [0.2, 0.25) is 0 Å². The Morgan fingerprint density at radius 2 is 2.00 bits per heavy atom. The fourth-order valence-corrected chi connectivity index (χ4v) is 1.55. The maximum absolute atomic E-state index is 10.9. The van der Waals surface area contributed by atoms with Gasteiger partial charge in [0.1, 0.15) is 0 Å². The molecule has 1 amide bonds. The fraction of sp³-hybridized carbons (Fsp3) is 0.833. The van der Waals surface area contributed by atoms with Crippen molar-refractivity contribution in [1.29, 1.82) is 0 Å². The van der Waals surface area contributed by atoms with E-state index in [0.717, 1.165) is 13.0 Å². The largest absolute Gasteiger partial charge is 1.00 e. The first kappa shape index (κ1) is 17.2. The molecule has 1 saturated heterocycles. The van der Waals surface area contributed by atoms with Crippen molar-refractivity contribution in [2.75, 3.05) is 19.3 Å². The zero-order chi connectivity index (χ0) is 8.27. The van der Waals surface area contributed by atoms with E-state index in [4.69, 9.17) is 0 Å². The summed E-state index contributed by atoms with van der Waals surface area (Å²) in [7, 11) is -2.33. The molecular formula is C6H10NNa2O3P. The summed E-state index contributed by atoms with van der Waals surface area (Å²) in [5.74, 6) is 0.0850. The molecule has 1 fully saturated rings. The molecule has 0 aromatic rings. The van der Waals surface area contributed by atoms with Gasteiger partial charge in [-0.15, -0.1) is 0 Å². The van der Waals surface area contributed by atoms with Crippen LogP contribution in [-0.2, 0) is 4.79 Å². The van der Waals surface area contributed by atoms with Gasteiger partial charge in [-0.1, -0.05) is 0 Å². The number of hydrogen-bond acceptors (Lipinski definition) is 3. The maximum atomic E-state index is 10.9. The van der Waals surface area contributed by atoms with E-state index in [1.807, 2.05) is 0 Å². The van der Waals surface area contributed by atoms with Gasteiger partial charge in [-0.3, -0.25) is 4.79 Å². The van der Waals surface area contributed by atoms with Gasteiger partial charge < -0.3 is 23.1 Å². The summed E-state index contributed by atoms with van der Waals surface area (Å²) in [6, 6.07) is 0. The minimum absolute atomic E-state index is 0. The third-order valence-electron chi connectivity index (χ3n) is 1.72. The van der Waals surface area contributed by atoms with Crippen LogP contribution in [0, 0.1) is 0 Å². The van der Waals surface area contributed by atoms with Crippen molar-refractivity contribution in [3.05, 3.63) is 0 Å². The van der Waals surface area contributed by atoms with Gasteiger partial charge in [0.25, 0.3) is 0 Å². The maximum Gasteiger partial charge on any atom is 1.00 e. The first-order valence-electron chi connectivity index (χ1n) is 3.60. The molecule has 0 unspecified atom stereocenters. The van der Waals surface area contributed by atoms with E-state index in [2.05, 4.69) is 0 Å². The normalized spacial score (nSPS) is 15.6. The van der Waals surface area contributed by atoms with Crippen LogP contribution >= 0.6 is 8.38 Å². The topological polar surface area (TPSA) is 66.4 Å². The van der Waals surface area contributed by atoms with Gasteiger partial charge in [-0.25, -0.2) is 0 Å². The van der Waals surface area contributed by atoms with E-state index < -0.39 is 8.38 Å². The van der Waals surface area contributed by atoms with E-state index in [0.29, 0.717) is 13.0 Å². The second-order valence-electron chi connectivity index (χ2n) is 2.54. The SMILES string of the molecule is O=C1CCCN1CCP([O-])[O-].[Na+].[Na+]. The van der Waals surface area contributed by atoms with Crippen molar-refractivity contribution in [1.82, 2.24) is 4.90 Å². The quantitative estimate of drug-likeness (QED) is 0.351. The molecule has 0 N–H and O–H groups in total. The summed E-state index contributed by atoms with van der Waals surface area (Å²) in [4.78, 5) is 32.8. The Hall–Kier alpha value is 1.82. The van der Waals surface area contributed by atoms with Crippen molar-refractivity contribution in [2.24, 2.45) is 0 Å². The van der Waals surface area contributed by atoms with Crippen molar-refractivity contribution >= 4 is 14.3 Å². The van der Waals surface area contributed by atoms with Crippen LogP contribution in [0.1, 0.15) is 12.8 Å². The predicted octanol–water partition coefficient (Wildman–Crippen LogP) is -7.35. The monoisotopic (exact) mass is 221 g/mol. The molecule has 0 spiro atoms. The third kappa shape index (κ3) is 6.82. The molecule has 0 aromatic carbocycles. The Bertz CT molecular complexity index is 159. The zero-order valence-corrected chi connectivity index (χ0v) is 13.0. The number of carbonyl (C=O) groups excluding carboxylic acids is 1. The molecule has 7 heteroatoms. The first-order valence-corrected chi connectivity index (χ1v) is 4.96. The molecule has 1 aliphatic rings. The average Bonchev–Trinajstić information content (AvgIpc) is 2.31. The van der Waals surface area contributed by atoms with E-state index in [1.165, 1.54) is 0 Å². The smallest absolute Gasteiger partial charge is 0.841 e. The Labute approximate surface area is 124 Å². The predicted molar refractivity (Wildman–Crippen MR) is 37.6 cm³/mol. The summed E-state index contributed by atoms with van der Waals surface area (Å²) in [5, 5.41) is 0. The second-order valence-corrected chi connectivity index (χ2v) is 3.65. The summed E-state index contributed by atoms with van der Waals surface area (Å²) >= 11 is 0. The van der Waals surface area contributed by atoms with Gasteiger partial charge in [-0.05, 0) is 12.6 Å². The van der Waals surface area contributed by atoms with Crippen LogP contribution in [0.25, 0.3) is 0 Å². The van der Waals surface area contributed by atoms with Crippen molar-refractivity contribution in [2.45, 2.75) is 12.8 Å². The van der Waals surface area contributed by atoms with E-state index in [1.54, 1.807) is 4.90 Å². The van der Waals surface area contributed by atoms with E-state index >= 15 is 0 Å². The summed E-state index contributed by atoms with van der Waals surface area (Å²) in [6.07, 6.45) is 1.55. The average molecular weight is 221 g/mol. The van der Waals surface area contributed by atoms with Crippen molar-refractivity contribution in [3.8, 4) is 0 Å². The molecule has 0 atom stereocenters. The number of carbonyl (C=O) groups is 1. The van der Waals surface area contributed by atoms with Crippen molar-refractivity contribution < 1.29 is 73.7 Å². The number of likely N-dealkylation sites (tertiary alicyclic amines) is 1. The summed E-state index contributed by atoms with van der Waals surface area (Å²) in [5.41, 5.74) is 0. The number of amides is 1. The number of hydrogen-bond donors (Lipinski definition) is 0. The van der Waals surface area contributed by atoms with Crippen LogP contribution in [0.4, 0.5) is 0 Å². The van der Waals surface area contributed by atoms with Crippen molar-refractivity contribution in [3.63, 3.8) is 0 Å². The molecule has 1 rings (SSSR count). The summed E-state index contributed by atoms with van der Waals surface area (Å²) in [6.45, 7) is 1.10. The molecule has 1 heterocycles. The van der Waals surface area contributed by atoms with E-state index in [9.17, 15) is 14.6 Å². The van der Waals surface area contributed by atoms with Gasteiger partial charge in [0.15, 0.2) is 0 Å². The molecule has 0 aromatic heterocycles. The first-order chi connectivity index (χ1) is 5.20. The third-order valence-corrected chi connectivity index (χ3v) is 2.29. The minimum atomic E-state index is -2.33. The Balaban J connectivity index is 0. The molecular weight excluding hydrogens is 211 g/mol. The minimum Gasteiger partial charge on any atom is -0.841 e. The van der Waals surface area contributed by atoms with Crippen LogP contribution < -0.4 is 68.9 Å². The van der Waals surface area contributed by atoms with Crippen LogP contribution in [-0.4, -0.2) is 30.1 Å². The zero-order valence-electron chi connectivity index (χ0n) is 8.15. The number of nitrogens with zero attached hydrogens (tertiary/aromatic N) is 1. The van der Waals surface area contributed by atoms with Gasteiger partial charge >= 0.3 is 59.1 Å². The molecule has 13 heavy (non-hydrogen) atoms. The van der Waals surface area contributed by atoms with Gasteiger partial charge in [0, 0.05) is 19.5 Å². The van der Waals surface area contributed by atoms with Crippen LogP contribution in [0.15, 0.2) is 0 Å². The van der Waals surface area contributed by atoms with Gasteiger partial charge in [-0.2, -0.15) is 0 Å². The molecule has 0 radical (unpaired) electrons. The molecule has 0 bridgehead atoms. The fourth-order valence-electron chi connectivity index (χ4n) is 1.14. The molecule has 0 saturated carbocycles. The molecule has 0 aliphatic carbocycles. The Morgan fingerprint density at radius 3 is 2.38 bits per heavy atom. The molecule has 1 aliphatic heterocycles. The van der Waals surface area contributed by atoms with Gasteiger partial charge in [0.05, 0.1) is 0 Å².